The van der Waals surface area contributed by atoms with Gasteiger partial charge in [-0.1, -0.05) is 12.1 Å². The molecule has 0 amide bonds. The Morgan fingerprint density at radius 2 is 2.00 bits per heavy atom. The molecule has 3 heteroatoms. The Balaban J connectivity index is 2.45. The summed E-state index contributed by atoms with van der Waals surface area (Å²) in [7, 11) is 0. The van der Waals surface area contributed by atoms with E-state index in [9.17, 15) is 0 Å². The van der Waals surface area contributed by atoms with E-state index < -0.39 is 0 Å². The number of rotatable bonds is 1. The van der Waals surface area contributed by atoms with Gasteiger partial charge in [0.05, 0.1) is 29.3 Å². The van der Waals surface area contributed by atoms with Gasteiger partial charge in [-0.05, 0) is 24.6 Å². The SMILES string of the molecule is Cc1nc[nH]c1-c1ccc(C#N)cc1. The van der Waals surface area contributed by atoms with Gasteiger partial charge >= 0.3 is 0 Å². The lowest BCUT2D eigenvalue weighted by Crippen LogP contribution is -1.81. The molecule has 0 aliphatic carbocycles. The molecule has 68 valence electrons. The van der Waals surface area contributed by atoms with Crippen LogP contribution in [-0.2, 0) is 0 Å². The molecule has 0 radical (unpaired) electrons. The number of aromatic amines is 1. The molecule has 2 aromatic rings. The maximum atomic E-state index is 8.64. The zero-order valence-electron chi connectivity index (χ0n) is 7.78. The Labute approximate surface area is 82.0 Å². The molecule has 3 nitrogen and oxygen atoms in total. The highest BCUT2D eigenvalue weighted by Crippen LogP contribution is 2.19. The van der Waals surface area contributed by atoms with Gasteiger partial charge < -0.3 is 4.98 Å². The van der Waals surface area contributed by atoms with Crippen molar-refractivity contribution in [2.24, 2.45) is 0 Å². The number of nitriles is 1. The van der Waals surface area contributed by atoms with Gasteiger partial charge in [-0.15, -0.1) is 0 Å². The van der Waals surface area contributed by atoms with Crippen molar-refractivity contribution < 1.29 is 0 Å². The highest BCUT2D eigenvalue weighted by Gasteiger charge is 2.02. The highest BCUT2D eigenvalue weighted by atomic mass is 14.9. The smallest absolute Gasteiger partial charge is 0.0991 e. The van der Waals surface area contributed by atoms with Crippen LogP contribution in [0.4, 0.5) is 0 Å². The van der Waals surface area contributed by atoms with Crippen molar-refractivity contribution in [1.82, 2.24) is 9.97 Å². The number of hydrogen-bond donors (Lipinski definition) is 1. The Bertz CT molecular complexity index is 474. The van der Waals surface area contributed by atoms with Crippen LogP contribution < -0.4 is 0 Å². The zero-order valence-corrected chi connectivity index (χ0v) is 7.78. The van der Waals surface area contributed by atoms with Crippen LogP contribution in [0.25, 0.3) is 11.3 Å². The summed E-state index contributed by atoms with van der Waals surface area (Å²) < 4.78 is 0. The molecule has 0 bridgehead atoms. The van der Waals surface area contributed by atoms with E-state index in [0.717, 1.165) is 17.0 Å². The first-order valence-corrected chi connectivity index (χ1v) is 4.32. The number of nitrogens with zero attached hydrogens (tertiary/aromatic N) is 2. The first kappa shape index (κ1) is 8.52. The number of aryl methyl sites for hydroxylation is 1. The predicted molar refractivity (Wildman–Crippen MR) is 53.5 cm³/mol. The molecule has 1 aromatic heterocycles. The van der Waals surface area contributed by atoms with Crippen LogP contribution >= 0.6 is 0 Å². The summed E-state index contributed by atoms with van der Waals surface area (Å²) in [6, 6.07) is 9.52. The van der Waals surface area contributed by atoms with Crippen LogP contribution in [0.15, 0.2) is 30.6 Å². The minimum absolute atomic E-state index is 0.672. The molecule has 0 atom stereocenters. The maximum Gasteiger partial charge on any atom is 0.0991 e. The van der Waals surface area contributed by atoms with E-state index in [1.165, 1.54) is 0 Å². The quantitative estimate of drug-likeness (QED) is 0.737. The predicted octanol–water partition coefficient (Wildman–Crippen LogP) is 2.26. The Morgan fingerprint density at radius 1 is 1.29 bits per heavy atom. The minimum Gasteiger partial charge on any atom is -0.344 e. The number of imidazole rings is 1. The summed E-state index contributed by atoms with van der Waals surface area (Å²) in [6.07, 6.45) is 1.67. The van der Waals surface area contributed by atoms with Gasteiger partial charge in [0.15, 0.2) is 0 Å². The van der Waals surface area contributed by atoms with Crippen LogP contribution in [0.2, 0.25) is 0 Å². The molecule has 0 unspecified atom stereocenters. The third-order valence-corrected chi connectivity index (χ3v) is 2.13. The fourth-order valence-electron chi connectivity index (χ4n) is 1.37. The first-order valence-electron chi connectivity index (χ1n) is 4.32. The standard InChI is InChI=1S/C11H9N3/c1-8-11(14-7-13-8)10-4-2-9(6-12)3-5-10/h2-5,7H,1H3,(H,13,14). The summed E-state index contributed by atoms with van der Waals surface area (Å²) in [5.74, 6) is 0. The number of nitrogens with one attached hydrogen (secondary N) is 1. The molecular weight excluding hydrogens is 174 g/mol. The first-order chi connectivity index (χ1) is 6.81. The van der Waals surface area contributed by atoms with Crippen LogP contribution in [0, 0.1) is 18.3 Å². The van der Waals surface area contributed by atoms with Gasteiger partial charge in [0.1, 0.15) is 0 Å². The number of H-pyrrole nitrogens is 1. The Hall–Kier alpha value is -2.08. The summed E-state index contributed by atoms with van der Waals surface area (Å²) in [5, 5.41) is 8.64. The molecule has 1 heterocycles. The summed E-state index contributed by atoms with van der Waals surface area (Å²) in [6.45, 7) is 1.95. The third kappa shape index (κ3) is 1.38. The molecule has 2 rings (SSSR count). The Morgan fingerprint density at radius 3 is 2.50 bits per heavy atom. The third-order valence-electron chi connectivity index (χ3n) is 2.13. The van der Waals surface area contributed by atoms with Crippen molar-refractivity contribution >= 4 is 0 Å². The van der Waals surface area contributed by atoms with E-state index in [1.54, 1.807) is 18.5 Å². The summed E-state index contributed by atoms with van der Waals surface area (Å²) in [4.78, 5) is 7.18. The molecule has 0 spiro atoms. The fraction of sp³-hybridized carbons (Fsp3) is 0.0909. The van der Waals surface area contributed by atoms with E-state index in [2.05, 4.69) is 16.0 Å². The molecule has 0 saturated heterocycles. The molecular formula is C11H9N3. The Kier molecular flexibility index (Phi) is 2.04. The van der Waals surface area contributed by atoms with Gasteiger partial charge in [0.25, 0.3) is 0 Å². The van der Waals surface area contributed by atoms with E-state index >= 15 is 0 Å². The molecule has 0 saturated carbocycles. The molecule has 0 aliphatic heterocycles. The van der Waals surface area contributed by atoms with Crippen LogP contribution in [-0.4, -0.2) is 9.97 Å². The topological polar surface area (TPSA) is 52.5 Å². The largest absolute Gasteiger partial charge is 0.344 e. The van der Waals surface area contributed by atoms with Gasteiger partial charge in [0, 0.05) is 0 Å². The molecule has 0 fully saturated rings. The second kappa shape index (κ2) is 3.35. The van der Waals surface area contributed by atoms with E-state index in [0.29, 0.717) is 5.56 Å². The maximum absolute atomic E-state index is 8.64. The van der Waals surface area contributed by atoms with E-state index in [4.69, 9.17) is 5.26 Å². The summed E-state index contributed by atoms with van der Waals surface area (Å²) >= 11 is 0. The van der Waals surface area contributed by atoms with Gasteiger partial charge in [0.2, 0.25) is 0 Å². The molecule has 14 heavy (non-hydrogen) atoms. The molecule has 1 N–H and O–H groups in total. The lowest BCUT2D eigenvalue weighted by atomic mass is 10.1. The van der Waals surface area contributed by atoms with Crippen molar-refractivity contribution in [1.29, 1.82) is 5.26 Å². The van der Waals surface area contributed by atoms with E-state index in [-0.39, 0.29) is 0 Å². The van der Waals surface area contributed by atoms with Crippen LogP contribution in [0.1, 0.15) is 11.3 Å². The van der Waals surface area contributed by atoms with Crippen molar-refractivity contribution in [2.75, 3.05) is 0 Å². The minimum atomic E-state index is 0.672. The van der Waals surface area contributed by atoms with Gasteiger partial charge in [-0.3, -0.25) is 0 Å². The van der Waals surface area contributed by atoms with Crippen molar-refractivity contribution in [3.8, 4) is 17.3 Å². The van der Waals surface area contributed by atoms with Crippen LogP contribution in [0.5, 0.6) is 0 Å². The van der Waals surface area contributed by atoms with Crippen molar-refractivity contribution in [3.63, 3.8) is 0 Å². The highest BCUT2D eigenvalue weighted by molar-refractivity contribution is 5.62. The second-order valence-corrected chi connectivity index (χ2v) is 3.05. The van der Waals surface area contributed by atoms with Crippen molar-refractivity contribution in [2.45, 2.75) is 6.92 Å². The zero-order chi connectivity index (χ0) is 9.97. The molecule has 1 aromatic carbocycles. The van der Waals surface area contributed by atoms with Crippen molar-refractivity contribution in [3.05, 3.63) is 41.9 Å². The van der Waals surface area contributed by atoms with Gasteiger partial charge in [-0.2, -0.15) is 5.26 Å². The van der Waals surface area contributed by atoms with Gasteiger partial charge in [-0.25, -0.2) is 4.98 Å². The average Bonchev–Trinajstić information content (AvgIpc) is 2.65. The monoisotopic (exact) mass is 183 g/mol. The van der Waals surface area contributed by atoms with E-state index in [1.807, 2.05) is 19.1 Å². The average molecular weight is 183 g/mol. The number of aromatic nitrogens is 2. The fourth-order valence-corrected chi connectivity index (χ4v) is 1.37. The number of hydrogen-bond acceptors (Lipinski definition) is 2. The second-order valence-electron chi connectivity index (χ2n) is 3.05. The summed E-state index contributed by atoms with van der Waals surface area (Å²) in [5.41, 5.74) is 3.70. The lowest BCUT2D eigenvalue weighted by molar-refractivity contribution is 1.25. The molecule has 0 aliphatic rings. The normalized spacial score (nSPS) is 9.71. The van der Waals surface area contributed by atoms with Crippen LogP contribution in [0.3, 0.4) is 0 Å². The number of benzene rings is 1. The lowest BCUT2D eigenvalue weighted by Gasteiger charge is -1.98.